The van der Waals surface area contributed by atoms with Crippen LogP contribution in [0, 0.1) is 0 Å². The molecule has 1 unspecified atom stereocenters. The standard InChI is InChI=1S/C17H33N5O2.HI/c1-3-16(23)22-9-6-15(14-22)20-17(18-4-2)19-7-5-8-21-10-12-24-13-11-21;/h15H,3-14H2,1-2H3,(H2,18,19,20);1H. The van der Waals surface area contributed by atoms with Gasteiger partial charge in [-0.15, -0.1) is 24.0 Å². The van der Waals surface area contributed by atoms with Crippen LogP contribution in [-0.4, -0.2) is 86.7 Å². The first-order valence-electron chi connectivity index (χ1n) is 9.35. The number of morpholine rings is 1. The minimum atomic E-state index is 0. The Morgan fingerprint density at radius 2 is 2.00 bits per heavy atom. The molecular formula is C17H34IN5O2. The molecule has 0 saturated carbocycles. The number of hydrogen-bond donors (Lipinski definition) is 2. The lowest BCUT2D eigenvalue weighted by Gasteiger charge is -2.26. The van der Waals surface area contributed by atoms with E-state index in [1.54, 1.807) is 0 Å². The fraction of sp³-hybridized carbons (Fsp3) is 0.882. The highest BCUT2D eigenvalue weighted by Gasteiger charge is 2.25. The van der Waals surface area contributed by atoms with Crippen LogP contribution >= 0.6 is 24.0 Å². The van der Waals surface area contributed by atoms with Gasteiger partial charge < -0.3 is 20.3 Å². The number of aliphatic imine (C=N–C) groups is 1. The van der Waals surface area contributed by atoms with Crippen molar-refractivity contribution in [3.63, 3.8) is 0 Å². The van der Waals surface area contributed by atoms with Gasteiger partial charge in [-0.05, 0) is 19.8 Å². The second-order valence-electron chi connectivity index (χ2n) is 6.39. The summed E-state index contributed by atoms with van der Waals surface area (Å²) in [5.74, 6) is 1.11. The summed E-state index contributed by atoms with van der Waals surface area (Å²) in [6, 6.07) is 0.303. The summed E-state index contributed by atoms with van der Waals surface area (Å²) in [5.41, 5.74) is 0. The molecule has 2 heterocycles. The van der Waals surface area contributed by atoms with Crippen molar-refractivity contribution < 1.29 is 9.53 Å². The molecule has 1 atom stereocenters. The Bertz CT molecular complexity index is 416. The third-order valence-electron chi connectivity index (χ3n) is 4.53. The van der Waals surface area contributed by atoms with Crippen molar-refractivity contribution in [3.05, 3.63) is 0 Å². The van der Waals surface area contributed by atoms with Gasteiger partial charge in [-0.3, -0.25) is 14.7 Å². The van der Waals surface area contributed by atoms with Crippen LogP contribution < -0.4 is 10.6 Å². The molecule has 2 fully saturated rings. The summed E-state index contributed by atoms with van der Waals surface area (Å²) in [7, 11) is 0. The van der Waals surface area contributed by atoms with Crippen LogP contribution in [0.5, 0.6) is 0 Å². The third kappa shape index (κ3) is 8.08. The van der Waals surface area contributed by atoms with Crippen molar-refractivity contribution in [2.75, 3.05) is 59.0 Å². The molecule has 2 saturated heterocycles. The summed E-state index contributed by atoms with van der Waals surface area (Å²) in [4.78, 5) is 20.8. The van der Waals surface area contributed by atoms with Gasteiger partial charge in [0, 0.05) is 58.3 Å². The van der Waals surface area contributed by atoms with E-state index in [0.717, 1.165) is 77.8 Å². The number of nitrogens with one attached hydrogen (secondary N) is 2. The van der Waals surface area contributed by atoms with Crippen molar-refractivity contribution >= 4 is 35.8 Å². The van der Waals surface area contributed by atoms with E-state index >= 15 is 0 Å². The molecule has 146 valence electrons. The first-order valence-corrected chi connectivity index (χ1v) is 9.35. The van der Waals surface area contributed by atoms with E-state index < -0.39 is 0 Å². The van der Waals surface area contributed by atoms with Gasteiger partial charge in [-0.2, -0.15) is 0 Å². The minimum absolute atomic E-state index is 0. The predicted molar refractivity (Wildman–Crippen MR) is 112 cm³/mol. The second-order valence-corrected chi connectivity index (χ2v) is 6.39. The van der Waals surface area contributed by atoms with Crippen LogP contribution in [-0.2, 0) is 9.53 Å². The third-order valence-corrected chi connectivity index (χ3v) is 4.53. The zero-order valence-corrected chi connectivity index (χ0v) is 18.0. The van der Waals surface area contributed by atoms with Gasteiger partial charge in [-0.1, -0.05) is 6.92 Å². The lowest BCUT2D eigenvalue weighted by atomic mass is 10.3. The maximum absolute atomic E-state index is 11.8. The highest BCUT2D eigenvalue weighted by atomic mass is 127. The SMILES string of the molecule is CCNC(=NCCCN1CCOCC1)NC1CCN(C(=O)CC)C1.I. The molecule has 0 bridgehead atoms. The second kappa shape index (κ2) is 12.7. The van der Waals surface area contributed by atoms with E-state index in [1.165, 1.54) is 0 Å². The van der Waals surface area contributed by atoms with Crippen LogP contribution in [0.1, 0.15) is 33.1 Å². The molecule has 0 radical (unpaired) electrons. The van der Waals surface area contributed by atoms with Gasteiger partial charge in [0.15, 0.2) is 5.96 Å². The Hall–Kier alpha value is -0.610. The average molecular weight is 467 g/mol. The van der Waals surface area contributed by atoms with Crippen molar-refractivity contribution in [1.82, 2.24) is 20.4 Å². The van der Waals surface area contributed by atoms with Crippen molar-refractivity contribution in [2.24, 2.45) is 4.99 Å². The van der Waals surface area contributed by atoms with Gasteiger partial charge in [0.2, 0.25) is 5.91 Å². The predicted octanol–water partition coefficient (Wildman–Crippen LogP) is 0.893. The Morgan fingerprint density at radius 3 is 2.68 bits per heavy atom. The number of ether oxygens (including phenoxy) is 1. The summed E-state index contributed by atoms with van der Waals surface area (Å²) in [6.45, 7) is 12.1. The molecular weight excluding hydrogens is 433 g/mol. The minimum Gasteiger partial charge on any atom is -0.379 e. The van der Waals surface area contributed by atoms with E-state index in [0.29, 0.717) is 12.5 Å². The molecule has 0 aromatic heterocycles. The average Bonchev–Trinajstić information content (AvgIpc) is 3.07. The lowest BCUT2D eigenvalue weighted by molar-refractivity contribution is -0.129. The van der Waals surface area contributed by atoms with Crippen molar-refractivity contribution in [2.45, 2.75) is 39.2 Å². The molecule has 25 heavy (non-hydrogen) atoms. The van der Waals surface area contributed by atoms with Gasteiger partial charge in [0.05, 0.1) is 13.2 Å². The highest BCUT2D eigenvalue weighted by Crippen LogP contribution is 2.10. The largest absolute Gasteiger partial charge is 0.379 e. The van der Waals surface area contributed by atoms with E-state index in [-0.39, 0.29) is 29.9 Å². The number of rotatable bonds is 7. The zero-order chi connectivity index (χ0) is 17.2. The van der Waals surface area contributed by atoms with E-state index in [2.05, 4.69) is 27.4 Å². The maximum Gasteiger partial charge on any atom is 0.222 e. The first kappa shape index (κ1) is 22.4. The number of guanidine groups is 1. The molecule has 0 aromatic rings. The number of hydrogen-bond acceptors (Lipinski definition) is 4. The van der Waals surface area contributed by atoms with Gasteiger partial charge in [0.1, 0.15) is 0 Å². The van der Waals surface area contributed by atoms with Gasteiger partial charge in [-0.25, -0.2) is 0 Å². The summed E-state index contributed by atoms with van der Waals surface area (Å²) >= 11 is 0. The van der Waals surface area contributed by atoms with E-state index in [9.17, 15) is 4.79 Å². The van der Waals surface area contributed by atoms with Gasteiger partial charge in [0.25, 0.3) is 0 Å². The molecule has 1 amide bonds. The highest BCUT2D eigenvalue weighted by molar-refractivity contribution is 14.0. The van der Waals surface area contributed by atoms with Crippen molar-refractivity contribution in [1.29, 1.82) is 0 Å². The monoisotopic (exact) mass is 467 g/mol. The Morgan fingerprint density at radius 1 is 1.24 bits per heavy atom. The summed E-state index contributed by atoms with van der Waals surface area (Å²) in [5, 5.41) is 6.78. The molecule has 2 aliphatic rings. The maximum atomic E-state index is 11.8. The van der Waals surface area contributed by atoms with Gasteiger partial charge >= 0.3 is 0 Å². The molecule has 8 heteroatoms. The first-order chi connectivity index (χ1) is 11.7. The number of carbonyl (C=O) groups excluding carboxylic acids is 1. The van der Waals surface area contributed by atoms with Crippen LogP contribution in [0.15, 0.2) is 4.99 Å². The Labute approximate surface area is 169 Å². The number of halogens is 1. The summed E-state index contributed by atoms with van der Waals surface area (Å²) < 4.78 is 5.37. The van der Waals surface area contributed by atoms with E-state index in [4.69, 9.17) is 4.74 Å². The molecule has 2 aliphatic heterocycles. The number of carbonyl (C=O) groups is 1. The van der Waals surface area contributed by atoms with E-state index in [1.807, 2.05) is 11.8 Å². The Kier molecular flexibility index (Phi) is 11.4. The number of nitrogens with zero attached hydrogens (tertiary/aromatic N) is 3. The number of amides is 1. The summed E-state index contributed by atoms with van der Waals surface area (Å²) in [6.07, 6.45) is 2.63. The normalized spacial score (nSPS) is 21.8. The van der Waals surface area contributed by atoms with Crippen molar-refractivity contribution in [3.8, 4) is 0 Å². The van der Waals surface area contributed by atoms with Crippen LogP contribution in [0.25, 0.3) is 0 Å². The fourth-order valence-electron chi connectivity index (χ4n) is 3.15. The molecule has 0 spiro atoms. The zero-order valence-electron chi connectivity index (χ0n) is 15.6. The smallest absolute Gasteiger partial charge is 0.222 e. The molecule has 2 rings (SSSR count). The molecule has 0 aromatic carbocycles. The lowest BCUT2D eigenvalue weighted by Crippen LogP contribution is -2.45. The molecule has 2 N–H and O–H groups in total. The van der Waals surface area contributed by atoms with Crippen LogP contribution in [0.4, 0.5) is 0 Å². The number of likely N-dealkylation sites (tertiary alicyclic amines) is 1. The van der Waals surface area contributed by atoms with Crippen LogP contribution in [0.2, 0.25) is 0 Å². The Balaban J connectivity index is 0.00000312. The molecule has 0 aliphatic carbocycles. The van der Waals surface area contributed by atoms with Crippen LogP contribution in [0.3, 0.4) is 0 Å². The fourth-order valence-corrected chi connectivity index (χ4v) is 3.15. The quantitative estimate of drug-likeness (QED) is 0.252. The molecule has 7 nitrogen and oxygen atoms in total. The topological polar surface area (TPSA) is 69.2 Å².